The second-order valence-electron chi connectivity index (χ2n) is 3.56. The third-order valence-corrected chi connectivity index (χ3v) is 2.41. The van der Waals surface area contributed by atoms with Gasteiger partial charge in [0.15, 0.2) is 0 Å². The molecule has 0 bridgehead atoms. The lowest BCUT2D eigenvalue weighted by atomic mass is 10.2. The molecule has 1 aromatic carbocycles. The molecule has 3 aromatic heterocycles. The van der Waals surface area contributed by atoms with E-state index in [1.807, 2.05) is 24.3 Å². The summed E-state index contributed by atoms with van der Waals surface area (Å²) in [5.74, 6) is 0. The van der Waals surface area contributed by atoms with Crippen molar-refractivity contribution >= 4 is 21.9 Å². The second-order valence-corrected chi connectivity index (χ2v) is 3.56. The van der Waals surface area contributed by atoms with Crippen LogP contribution in [0.25, 0.3) is 21.9 Å². The molecule has 0 saturated heterocycles. The van der Waals surface area contributed by atoms with E-state index in [0.29, 0.717) is 0 Å². The molecule has 19 heavy (non-hydrogen) atoms. The molecule has 0 amide bonds. The fourth-order valence-corrected chi connectivity index (χ4v) is 1.62. The fourth-order valence-electron chi connectivity index (χ4n) is 1.62. The van der Waals surface area contributed by atoms with Crippen LogP contribution in [-0.4, -0.2) is 30.5 Å². The van der Waals surface area contributed by atoms with Crippen molar-refractivity contribution in [2.45, 2.75) is 0 Å². The Hall–Kier alpha value is -2.96. The van der Waals surface area contributed by atoms with Crippen LogP contribution in [0.15, 0.2) is 53.8 Å². The quantitative estimate of drug-likeness (QED) is 0.469. The summed E-state index contributed by atoms with van der Waals surface area (Å²) in [6.07, 6.45) is 6.07. The first-order valence-corrected chi connectivity index (χ1v) is 5.47. The minimum Gasteiger partial charge on any atom is -0.346 e. The van der Waals surface area contributed by atoms with Gasteiger partial charge in [-0.1, -0.05) is 12.1 Å². The molecule has 4 rings (SSSR count). The SMILES string of the molecule is c1cnnc2c(c1)ccc1ncnc12.c1conn1. The van der Waals surface area contributed by atoms with E-state index in [-0.39, 0.29) is 0 Å². The number of benzene rings is 1. The zero-order valence-electron chi connectivity index (χ0n) is 9.71. The normalized spacial score (nSPS) is 10.1. The van der Waals surface area contributed by atoms with E-state index in [1.54, 1.807) is 12.5 Å². The number of hydrogen-bond acceptors (Lipinski definition) is 7. The molecule has 7 nitrogen and oxygen atoms in total. The van der Waals surface area contributed by atoms with Crippen molar-refractivity contribution < 1.29 is 4.52 Å². The summed E-state index contributed by atoms with van der Waals surface area (Å²) in [5.41, 5.74) is 2.47. The van der Waals surface area contributed by atoms with Crippen LogP contribution in [0.5, 0.6) is 0 Å². The Kier molecular flexibility index (Phi) is 3.01. The first-order chi connectivity index (χ1) is 9.45. The van der Waals surface area contributed by atoms with Crippen LogP contribution in [-0.2, 0) is 0 Å². The molecule has 0 unspecified atom stereocenters. The van der Waals surface area contributed by atoms with Crippen molar-refractivity contribution in [2.24, 2.45) is 0 Å². The molecule has 0 saturated carbocycles. The maximum absolute atomic E-state index is 4.22. The monoisotopic (exact) mass is 252 g/mol. The summed E-state index contributed by atoms with van der Waals surface area (Å²) in [6.45, 7) is 0. The summed E-state index contributed by atoms with van der Waals surface area (Å²) in [7, 11) is 0. The van der Waals surface area contributed by atoms with Crippen LogP contribution in [0.1, 0.15) is 0 Å². The highest BCUT2D eigenvalue weighted by atomic mass is 16.5. The fraction of sp³-hybridized carbons (Fsp3) is 0. The Morgan fingerprint density at radius 2 is 1.89 bits per heavy atom. The van der Waals surface area contributed by atoms with E-state index in [4.69, 9.17) is 0 Å². The van der Waals surface area contributed by atoms with Crippen LogP contribution in [0.2, 0.25) is 0 Å². The minimum absolute atomic E-state index is 0.796. The number of hydrogen-bond donors (Lipinski definition) is 0. The Morgan fingerprint density at radius 1 is 0.895 bits per heavy atom. The Labute approximate surface area is 107 Å². The van der Waals surface area contributed by atoms with Crippen LogP contribution in [0.4, 0.5) is 0 Å². The van der Waals surface area contributed by atoms with Gasteiger partial charge in [-0.15, -0.1) is 10.2 Å². The van der Waals surface area contributed by atoms with E-state index in [2.05, 4.69) is 35.1 Å². The lowest BCUT2D eigenvalue weighted by Gasteiger charge is -1.90. The Morgan fingerprint density at radius 3 is 2.68 bits per heavy atom. The van der Waals surface area contributed by atoms with E-state index >= 15 is 0 Å². The average molecular weight is 252 g/mol. The van der Waals surface area contributed by atoms with Gasteiger partial charge in [-0.3, -0.25) is 0 Å². The molecule has 3 heterocycles. The highest BCUT2D eigenvalue weighted by Crippen LogP contribution is 2.18. The third kappa shape index (κ3) is 2.34. The van der Waals surface area contributed by atoms with Gasteiger partial charge in [0, 0.05) is 16.9 Å². The second kappa shape index (κ2) is 5.13. The van der Waals surface area contributed by atoms with Gasteiger partial charge in [-0.25, -0.2) is 9.97 Å². The number of rotatable bonds is 0. The summed E-state index contributed by atoms with van der Waals surface area (Å²) in [6, 6.07) is 7.73. The summed E-state index contributed by atoms with van der Waals surface area (Å²) in [4.78, 5) is 8.27. The molecule has 0 atom stereocenters. The van der Waals surface area contributed by atoms with Gasteiger partial charge in [0.05, 0.1) is 11.7 Å². The van der Waals surface area contributed by atoms with Crippen LogP contribution < -0.4 is 0 Å². The van der Waals surface area contributed by atoms with E-state index < -0.39 is 0 Å². The van der Waals surface area contributed by atoms with E-state index in [9.17, 15) is 0 Å². The van der Waals surface area contributed by atoms with Crippen LogP contribution in [0, 0.1) is 0 Å². The van der Waals surface area contributed by atoms with Gasteiger partial charge in [0.25, 0.3) is 0 Å². The molecule has 0 aliphatic heterocycles. The predicted octanol–water partition coefficient (Wildman–Crippen LogP) is 1.64. The molecule has 4 aromatic rings. The largest absolute Gasteiger partial charge is 0.346 e. The van der Waals surface area contributed by atoms with Gasteiger partial charge in [0.1, 0.15) is 23.6 Å². The highest BCUT2D eigenvalue weighted by Gasteiger charge is 2.02. The number of aromatic nitrogens is 6. The molecule has 0 N–H and O–H groups in total. The zero-order valence-corrected chi connectivity index (χ0v) is 9.71. The van der Waals surface area contributed by atoms with Crippen LogP contribution in [0.3, 0.4) is 0 Å². The first-order valence-electron chi connectivity index (χ1n) is 5.47. The Bertz CT molecular complexity index is 769. The number of fused-ring (bicyclic) bond motifs is 3. The molecule has 7 heteroatoms. The molecule has 0 fully saturated rings. The summed E-state index contributed by atoms with van der Waals surface area (Å²) >= 11 is 0. The molecule has 0 radical (unpaired) electrons. The first kappa shape index (κ1) is 11.1. The van der Waals surface area contributed by atoms with Crippen molar-refractivity contribution in [2.75, 3.05) is 0 Å². The molecule has 0 spiro atoms. The van der Waals surface area contributed by atoms with Crippen molar-refractivity contribution in [1.82, 2.24) is 30.5 Å². The maximum Gasteiger partial charge on any atom is 0.144 e. The lowest BCUT2D eigenvalue weighted by molar-refractivity contribution is 0.393. The van der Waals surface area contributed by atoms with E-state index in [1.165, 1.54) is 12.5 Å². The molecular weight excluding hydrogens is 244 g/mol. The third-order valence-electron chi connectivity index (χ3n) is 2.41. The minimum atomic E-state index is 0.796. The topological polar surface area (TPSA) is 90.5 Å². The molecular formula is C12H8N6O. The number of nitrogens with zero attached hydrogens (tertiary/aromatic N) is 6. The summed E-state index contributed by atoms with van der Waals surface area (Å²) in [5, 5.41) is 15.4. The van der Waals surface area contributed by atoms with E-state index in [0.717, 1.165) is 21.9 Å². The highest BCUT2D eigenvalue weighted by molar-refractivity contribution is 6.00. The van der Waals surface area contributed by atoms with Gasteiger partial charge in [-0.2, -0.15) is 5.10 Å². The van der Waals surface area contributed by atoms with Gasteiger partial charge in [-0.05, 0) is 12.1 Å². The maximum atomic E-state index is 4.22. The average Bonchev–Trinajstić information content (AvgIpc) is 3.09. The summed E-state index contributed by atoms with van der Waals surface area (Å²) < 4.78 is 4.22. The van der Waals surface area contributed by atoms with Gasteiger partial charge in [0.2, 0.25) is 0 Å². The smallest absolute Gasteiger partial charge is 0.144 e. The van der Waals surface area contributed by atoms with Crippen molar-refractivity contribution in [3.8, 4) is 0 Å². The standard InChI is InChI=1S/C10H6N4.C2H2N2O/c1-2-7-3-4-8-10(12-6-11-8)9(7)14-13-5-1;1-2-5-4-3-1/h1-6H;1-2H. The van der Waals surface area contributed by atoms with Gasteiger partial charge >= 0.3 is 0 Å². The molecule has 0 aliphatic carbocycles. The molecule has 0 aliphatic rings. The Balaban J connectivity index is 0.000000187. The molecule has 92 valence electrons. The van der Waals surface area contributed by atoms with Crippen molar-refractivity contribution in [3.05, 3.63) is 49.2 Å². The number of imidazole rings is 1. The van der Waals surface area contributed by atoms with Gasteiger partial charge < -0.3 is 4.52 Å². The zero-order chi connectivity index (χ0) is 12.9. The van der Waals surface area contributed by atoms with Crippen LogP contribution >= 0.6 is 0 Å². The lowest BCUT2D eigenvalue weighted by Crippen LogP contribution is -1.78. The van der Waals surface area contributed by atoms with Crippen molar-refractivity contribution in [3.63, 3.8) is 0 Å². The van der Waals surface area contributed by atoms with Crippen molar-refractivity contribution in [1.29, 1.82) is 0 Å². The predicted molar refractivity (Wildman–Crippen MR) is 66.9 cm³/mol.